The number of hydrogen-bond acceptors (Lipinski definition) is 3. The van der Waals surface area contributed by atoms with Crippen LogP contribution in [-0.2, 0) is 9.59 Å². The number of nitrogens with one attached hydrogen (secondary N) is 1. The van der Waals surface area contributed by atoms with Gasteiger partial charge in [-0.2, -0.15) is 0 Å². The highest BCUT2D eigenvalue weighted by molar-refractivity contribution is 6.09. The van der Waals surface area contributed by atoms with Crippen molar-refractivity contribution in [1.29, 1.82) is 0 Å². The molecule has 1 amide bonds. The van der Waals surface area contributed by atoms with Gasteiger partial charge in [-0.05, 0) is 25.2 Å². The van der Waals surface area contributed by atoms with Crippen molar-refractivity contribution >= 4 is 17.4 Å². The van der Waals surface area contributed by atoms with E-state index in [1.165, 1.54) is 6.08 Å². The Labute approximate surface area is 108 Å². The fourth-order valence-electron chi connectivity index (χ4n) is 1.29. The fourth-order valence-corrected chi connectivity index (χ4v) is 1.29. The number of amides is 1. The normalized spacial score (nSPS) is 16.8. The molecule has 0 aromatic carbocycles. The van der Waals surface area contributed by atoms with Crippen molar-refractivity contribution in [1.82, 2.24) is 5.32 Å². The smallest absolute Gasteiger partial charge is 0.225 e. The predicted molar refractivity (Wildman–Crippen MR) is 72.6 cm³/mol. The molecule has 1 aliphatic rings. The molecule has 0 aliphatic carbocycles. The van der Waals surface area contributed by atoms with Crippen molar-refractivity contribution < 1.29 is 9.59 Å². The number of carbonyl (C=O) groups is 2. The van der Waals surface area contributed by atoms with Crippen LogP contribution in [-0.4, -0.2) is 30.0 Å². The summed E-state index contributed by atoms with van der Waals surface area (Å²) in [4.78, 5) is 27.6. The molecule has 1 aliphatic heterocycles. The van der Waals surface area contributed by atoms with Crippen LogP contribution in [0.25, 0.3) is 0 Å². The van der Waals surface area contributed by atoms with E-state index < -0.39 is 11.5 Å². The SMILES string of the molecule is C[C@H](NC(=O)C(C)(C)C)C(=O)/C=C/C1=NCC=C1. The molecule has 0 saturated heterocycles. The van der Waals surface area contributed by atoms with E-state index in [0.717, 1.165) is 5.71 Å². The van der Waals surface area contributed by atoms with Crippen LogP contribution >= 0.6 is 0 Å². The lowest BCUT2D eigenvalue weighted by Crippen LogP contribution is -2.43. The van der Waals surface area contributed by atoms with Crippen LogP contribution < -0.4 is 5.32 Å². The van der Waals surface area contributed by atoms with Gasteiger partial charge in [0.15, 0.2) is 5.78 Å². The second-order valence-electron chi connectivity index (χ2n) is 5.35. The lowest BCUT2D eigenvalue weighted by Gasteiger charge is -2.20. The Morgan fingerprint density at radius 3 is 2.61 bits per heavy atom. The summed E-state index contributed by atoms with van der Waals surface area (Å²) in [6, 6.07) is -0.515. The van der Waals surface area contributed by atoms with Crippen LogP contribution in [0.5, 0.6) is 0 Å². The number of carbonyl (C=O) groups excluding carboxylic acids is 2. The molecule has 0 spiro atoms. The van der Waals surface area contributed by atoms with Gasteiger partial charge < -0.3 is 5.32 Å². The summed E-state index contributed by atoms with van der Waals surface area (Å²) in [7, 11) is 0. The average molecular weight is 248 g/mol. The predicted octanol–water partition coefficient (Wildman–Crippen LogP) is 1.67. The van der Waals surface area contributed by atoms with E-state index in [0.29, 0.717) is 6.54 Å². The molecule has 98 valence electrons. The second kappa shape index (κ2) is 5.76. The summed E-state index contributed by atoms with van der Waals surface area (Å²) >= 11 is 0. The monoisotopic (exact) mass is 248 g/mol. The minimum atomic E-state index is -0.515. The van der Waals surface area contributed by atoms with Crippen LogP contribution in [0, 0.1) is 5.41 Å². The highest BCUT2D eigenvalue weighted by atomic mass is 16.2. The maximum Gasteiger partial charge on any atom is 0.225 e. The lowest BCUT2D eigenvalue weighted by molar-refractivity contribution is -0.131. The Hall–Kier alpha value is -1.71. The number of hydrogen-bond donors (Lipinski definition) is 1. The first kappa shape index (κ1) is 14.4. The summed E-state index contributed by atoms with van der Waals surface area (Å²) in [6.45, 7) is 7.79. The van der Waals surface area contributed by atoms with Crippen molar-refractivity contribution in [2.45, 2.75) is 33.7 Å². The van der Waals surface area contributed by atoms with Crippen LogP contribution in [0.15, 0.2) is 29.3 Å². The fraction of sp³-hybridized carbons (Fsp3) is 0.500. The zero-order chi connectivity index (χ0) is 13.8. The minimum absolute atomic E-state index is 0.129. The third kappa shape index (κ3) is 4.28. The molecule has 0 bridgehead atoms. The molecule has 0 saturated carbocycles. The Balaban J connectivity index is 2.52. The van der Waals surface area contributed by atoms with Crippen LogP contribution in [0.4, 0.5) is 0 Å². The Morgan fingerprint density at radius 2 is 2.11 bits per heavy atom. The van der Waals surface area contributed by atoms with E-state index in [2.05, 4.69) is 10.3 Å². The maximum atomic E-state index is 11.8. The zero-order valence-electron chi connectivity index (χ0n) is 11.4. The van der Waals surface area contributed by atoms with Crippen molar-refractivity contribution in [2.75, 3.05) is 6.54 Å². The molecule has 1 heterocycles. The first-order valence-electron chi connectivity index (χ1n) is 6.04. The summed E-state index contributed by atoms with van der Waals surface area (Å²) < 4.78 is 0. The molecule has 0 fully saturated rings. The van der Waals surface area contributed by atoms with Gasteiger partial charge >= 0.3 is 0 Å². The largest absolute Gasteiger partial charge is 0.346 e. The maximum absolute atomic E-state index is 11.8. The zero-order valence-corrected chi connectivity index (χ0v) is 11.4. The molecular formula is C14H20N2O2. The van der Waals surface area contributed by atoms with Crippen molar-refractivity contribution in [2.24, 2.45) is 10.4 Å². The van der Waals surface area contributed by atoms with E-state index in [4.69, 9.17) is 0 Å². The standard InChI is InChI=1S/C14H20N2O2/c1-10(16-13(18)14(2,3)4)12(17)8-7-11-6-5-9-15-11/h5-8,10H,9H2,1-4H3,(H,16,18)/b8-7+/t10-/m0/s1. The Morgan fingerprint density at radius 1 is 1.44 bits per heavy atom. The van der Waals surface area contributed by atoms with E-state index in [-0.39, 0.29) is 11.7 Å². The molecule has 1 atom stereocenters. The molecule has 18 heavy (non-hydrogen) atoms. The van der Waals surface area contributed by atoms with Gasteiger partial charge in [0, 0.05) is 5.41 Å². The lowest BCUT2D eigenvalue weighted by atomic mass is 9.95. The molecule has 0 radical (unpaired) electrons. The summed E-state index contributed by atoms with van der Waals surface area (Å²) in [5, 5.41) is 2.70. The Kier molecular flexibility index (Phi) is 4.59. The van der Waals surface area contributed by atoms with E-state index in [1.54, 1.807) is 13.0 Å². The summed E-state index contributed by atoms with van der Waals surface area (Å²) in [5.74, 6) is -0.259. The van der Waals surface area contributed by atoms with Crippen molar-refractivity contribution in [3.8, 4) is 0 Å². The average Bonchev–Trinajstić information content (AvgIpc) is 2.77. The van der Waals surface area contributed by atoms with Gasteiger partial charge in [0.25, 0.3) is 0 Å². The molecule has 4 nitrogen and oxygen atoms in total. The number of aliphatic imine (C=N–C) groups is 1. The number of ketones is 1. The highest BCUT2D eigenvalue weighted by Crippen LogP contribution is 2.12. The van der Waals surface area contributed by atoms with Gasteiger partial charge in [0.05, 0.1) is 18.3 Å². The van der Waals surface area contributed by atoms with Gasteiger partial charge in [-0.25, -0.2) is 0 Å². The van der Waals surface area contributed by atoms with Crippen molar-refractivity contribution in [3.05, 3.63) is 24.3 Å². The van der Waals surface area contributed by atoms with Crippen LogP contribution in [0.3, 0.4) is 0 Å². The van der Waals surface area contributed by atoms with Crippen molar-refractivity contribution in [3.63, 3.8) is 0 Å². The third-order valence-corrected chi connectivity index (χ3v) is 2.54. The number of allylic oxidation sites excluding steroid dienone is 2. The van der Waals surface area contributed by atoms with Crippen LogP contribution in [0.1, 0.15) is 27.7 Å². The van der Waals surface area contributed by atoms with Gasteiger partial charge in [0.1, 0.15) is 0 Å². The molecule has 0 unspecified atom stereocenters. The minimum Gasteiger partial charge on any atom is -0.346 e. The van der Waals surface area contributed by atoms with E-state index >= 15 is 0 Å². The van der Waals surface area contributed by atoms with Gasteiger partial charge in [-0.15, -0.1) is 0 Å². The topological polar surface area (TPSA) is 58.5 Å². The molecule has 1 N–H and O–H groups in total. The molecule has 4 heteroatoms. The van der Waals surface area contributed by atoms with Gasteiger partial charge in [-0.3, -0.25) is 14.6 Å². The molecular weight excluding hydrogens is 228 g/mol. The first-order valence-corrected chi connectivity index (χ1v) is 6.04. The molecule has 1 rings (SSSR count). The first-order chi connectivity index (χ1) is 8.30. The quantitative estimate of drug-likeness (QED) is 0.769. The van der Waals surface area contributed by atoms with Gasteiger partial charge in [0.2, 0.25) is 5.91 Å². The summed E-state index contributed by atoms with van der Waals surface area (Å²) in [6.07, 6.45) is 6.92. The second-order valence-corrected chi connectivity index (χ2v) is 5.35. The Bertz CT molecular complexity index is 426. The van der Waals surface area contributed by atoms with E-state index in [9.17, 15) is 9.59 Å². The molecule has 0 aromatic rings. The number of rotatable bonds is 4. The highest BCUT2D eigenvalue weighted by Gasteiger charge is 2.24. The molecule has 0 aromatic heterocycles. The third-order valence-electron chi connectivity index (χ3n) is 2.54. The number of nitrogens with zero attached hydrogens (tertiary/aromatic N) is 1. The summed E-state index contributed by atoms with van der Waals surface area (Å²) in [5.41, 5.74) is 0.300. The van der Waals surface area contributed by atoms with Gasteiger partial charge in [-0.1, -0.05) is 26.8 Å². The van der Waals surface area contributed by atoms with Crippen LogP contribution in [0.2, 0.25) is 0 Å². The van der Waals surface area contributed by atoms with E-state index in [1.807, 2.05) is 32.9 Å².